The summed E-state index contributed by atoms with van der Waals surface area (Å²) in [6, 6.07) is 7.26. The lowest BCUT2D eigenvalue weighted by Crippen LogP contribution is -2.18. The van der Waals surface area contributed by atoms with Crippen LogP contribution in [0.4, 0.5) is 11.4 Å². The van der Waals surface area contributed by atoms with Crippen LogP contribution >= 0.6 is 19.2 Å². The number of ether oxygens (including phenoxy) is 1. The van der Waals surface area contributed by atoms with Gasteiger partial charge in [-0.05, 0) is 19.1 Å². The van der Waals surface area contributed by atoms with Crippen molar-refractivity contribution in [3.05, 3.63) is 51.7 Å². The Bertz CT molecular complexity index is 825. The summed E-state index contributed by atoms with van der Waals surface area (Å²) in [7, 11) is -0.999. The first-order valence-corrected chi connectivity index (χ1v) is 9.33. The molecule has 1 aromatic heterocycles. The Hall–Kier alpha value is -2.19. The predicted molar refractivity (Wildman–Crippen MR) is 97.1 cm³/mol. The summed E-state index contributed by atoms with van der Waals surface area (Å²) in [6.07, 6.45) is 1.41. The van der Waals surface area contributed by atoms with Crippen LogP contribution in [0, 0.1) is 10.1 Å². The van der Waals surface area contributed by atoms with Gasteiger partial charge in [0.05, 0.1) is 9.95 Å². The maximum Gasteiger partial charge on any atom is 0.351 e. The van der Waals surface area contributed by atoms with Gasteiger partial charge in [0.2, 0.25) is 5.88 Å². The first kappa shape index (κ1) is 20.1. The third kappa shape index (κ3) is 4.70. The highest BCUT2D eigenvalue weighted by atomic mass is 35.5. The molecule has 0 fully saturated rings. The van der Waals surface area contributed by atoms with E-state index in [4.69, 9.17) is 25.4 Å². The number of nitro groups is 1. The highest BCUT2D eigenvalue weighted by molar-refractivity contribution is 7.54. The van der Waals surface area contributed by atoms with E-state index in [1.807, 2.05) is 0 Å². The normalized spacial score (nSPS) is 12.5. The van der Waals surface area contributed by atoms with Gasteiger partial charge in [-0.25, -0.2) is 4.98 Å². The molecule has 0 spiro atoms. The van der Waals surface area contributed by atoms with Crippen molar-refractivity contribution >= 4 is 30.6 Å². The summed E-state index contributed by atoms with van der Waals surface area (Å²) < 4.78 is 27.8. The SMILES string of the molecule is COP(=O)(OC)C(C)Nc1cc(Oc2ccc(Cl)cn2)ccc1[N+](=O)[O-]. The topological polar surface area (TPSA) is 113 Å². The number of rotatable bonds is 8. The molecule has 0 aliphatic heterocycles. The van der Waals surface area contributed by atoms with Gasteiger partial charge in [0.25, 0.3) is 5.69 Å². The molecule has 0 amide bonds. The summed E-state index contributed by atoms with van der Waals surface area (Å²) in [6.45, 7) is 1.53. The van der Waals surface area contributed by atoms with Crippen LogP contribution in [0.3, 0.4) is 0 Å². The van der Waals surface area contributed by atoms with E-state index >= 15 is 0 Å². The number of hydrogen-bond donors (Lipinski definition) is 1. The molecule has 0 aliphatic rings. The van der Waals surface area contributed by atoms with E-state index in [2.05, 4.69) is 10.3 Å². The second-order valence-corrected chi connectivity index (χ2v) is 8.10. The minimum atomic E-state index is -3.48. The molecule has 0 saturated carbocycles. The number of aromatic nitrogens is 1. The lowest BCUT2D eigenvalue weighted by Gasteiger charge is -2.22. The number of halogens is 1. The molecular formula is C15H17ClN3O6P. The Balaban J connectivity index is 2.32. The highest BCUT2D eigenvalue weighted by Gasteiger charge is 2.31. The largest absolute Gasteiger partial charge is 0.439 e. The summed E-state index contributed by atoms with van der Waals surface area (Å²) in [5.41, 5.74) is -0.115. The summed E-state index contributed by atoms with van der Waals surface area (Å²) in [5.74, 6) is -0.272. The van der Waals surface area contributed by atoms with Crippen molar-refractivity contribution in [1.29, 1.82) is 0 Å². The number of nitrogens with zero attached hydrogens (tertiary/aromatic N) is 2. The van der Waals surface area contributed by atoms with Crippen molar-refractivity contribution in [2.24, 2.45) is 0 Å². The van der Waals surface area contributed by atoms with Gasteiger partial charge in [-0.1, -0.05) is 11.6 Å². The molecule has 9 nitrogen and oxygen atoms in total. The third-order valence-corrected chi connectivity index (χ3v) is 5.75. The molecule has 0 radical (unpaired) electrons. The number of nitro benzene ring substituents is 1. The Labute approximate surface area is 154 Å². The van der Waals surface area contributed by atoms with Crippen molar-refractivity contribution in [3.63, 3.8) is 0 Å². The number of nitrogens with one attached hydrogen (secondary N) is 1. The van der Waals surface area contributed by atoms with Gasteiger partial charge in [0.15, 0.2) is 0 Å². The molecule has 1 unspecified atom stereocenters. The van der Waals surface area contributed by atoms with Gasteiger partial charge in [0.1, 0.15) is 17.2 Å². The molecule has 2 aromatic rings. The van der Waals surface area contributed by atoms with E-state index in [0.29, 0.717) is 10.8 Å². The molecular weight excluding hydrogens is 385 g/mol. The zero-order valence-electron chi connectivity index (χ0n) is 14.2. The smallest absolute Gasteiger partial charge is 0.351 e. The molecule has 26 heavy (non-hydrogen) atoms. The van der Waals surface area contributed by atoms with Crippen LogP contribution in [-0.2, 0) is 13.6 Å². The van der Waals surface area contributed by atoms with Crippen LogP contribution in [-0.4, -0.2) is 29.9 Å². The molecule has 2 rings (SSSR count). The minimum absolute atomic E-state index is 0.100. The van der Waals surface area contributed by atoms with Crippen LogP contribution < -0.4 is 10.1 Å². The van der Waals surface area contributed by atoms with E-state index in [0.717, 1.165) is 0 Å². The minimum Gasteiger partial charge on any atom is -0.439 e. The van der Waals surface area contributed by atoms with Crippen molar-refractivity contribution < 1.29 is 23.3 Å². The van der Waals surface area contributed by atoms with Gasteiger partial charge >= 0.3 is 7.60 Å². The fraction of sp³-hybridized carbons (Fsp3) is 0.267. The maximum atomic E-state index is 12.4. The van der Waals surface area contributed by atoms with E-state index in [9.17, 15) is 14.7 Å². The average Bonchev–Trinajstić information content (AvgIpc) is 2.62. The average molecular weight is 402 g/mol. The zero-order chi connectivity index (χ0) is 19.3. The van der Waals surface area contributed by atoms with Crippen LogP contribution in [0.15, 0.2) is 36.5 Å². The number of hydrogen-bond acceptors (Lipinski definition) is 8. The fourth-order valence-corrected chi connectivity index (χ4v) is 3.28. The van der Waals surface area contributed by atoms with Gasteiger partial charge in [0, 0.05) is 38.6 Å². The molecule has 0 bridgehead atoms. The van der Waals surface area contributed by atoms with Crippen molar-refractivity contribution in [2.75, 3.05) is 19.5 Å². The standard InChI is InChI=1S/C15H17ClN3O6P/c1-10(26(22,23-2)24-3)18-13-8-12(5-6-14(13)19(20)21)25-15-7-4-11(16)9-17-15/h4-10,18H,1-3H3. The van der Waals surface area contributed by atoms with Crippen LogP contribution in [0.25, 0.3) is 0 Å². The van der Waals surface area contributed by atoms with Gasteiger partial charge in [-0.15, -0.1) is 0 Å². The monoisotopic (exact) mass is 401 g/mol. The summed E-state index contributed by atoms with van der Waals surface area (Å²) in [4.78, 5) is 14.7. The Morgan fingerprint density at radius 1 is 1.27 bits per heavy atom. The quantitative estimate of drug-likeness (QED) is 0.385. The van der Waals surface area contributed by atoms with Crippen LogP contribution in [0.1, 0.15) is 6.92 Å². The van der Waals surface area contributed by atoms with Gasteiger partial charge < -0.3 is 19.1 Å². The van der Waals surface area contributed by atoms with Crippen molar-refractivity contribution in [1.82, 2.24) is 4.98 Å². The molecule has 1 heterocycles. The molecule has 0 saturated heterocycles. The first-order valence-electron chi connectivity index (χ1n) is 7.34. The Morgan fingerprint density at radius 2 is 1.96 bits per heavy atom. The lowest BCUT2D eigenvalue weighted by atomic mass is 10.2. The maximum absolute atomic E-state index is 12.4. The molecule has 1 atom stereocenters. The lowest BCUT2D eigenvalue weighted by molar-refractivity contribution is -0.384. The molecule has 1 aromatic carbocycles. The third-order valence-electron chi connectivity index (χ3n) is 3.44. The fourth-order valence-electron chi connectivity index (χ4n) is 2.09. The second-order valence-electron chi connectivity index (χ2n) is 5.08. The second kappa shape index (κ2) is 8.46. The van der Waals surface area contributed by atoms with E-state index in [-0.39, 0.29) is 17.3 Å². The Kier molecular flexibility index (Phi) is 6.55. The molecule has 1 N–H and O–H groups in total. The number of anilines is 1. The van der Waals surface area contributed by atoms with Gasteiger partial charge in [-0.3, -0.25) is 14.7 Å². The summed E-state index contributed by atoms with van der Waals surface area (Å²) in [5, 5.41) is 14.5. The van der Waals surface area contributed by atoms with E-state index < -0.39 is 18.3 Å². The van der Waals surface area contributed by atoms with Gasteiger partial charge in [-0.2, -0.15) is 0 Å². The van der Waals surface area contributed by atoms with Crippen LogP contribution in [0.2, 0.25) is 5.02 Å². The summed E-state index contributed by atoms with van der Waals surface area (Å²) >= 11 is 5.77. The molecule has 11 heteroatoms. The van der Waals surface area contributed by atoms with Crippen molar-refractivity contribution in [3.8, 4) is 11.6 Å². The van der Waals surface area contributed by atoms with E-state index in [1.54, 1.807) is 12.1 Å². The zero-order valence-corrected chi connectivity index (χ0v) is 15.9. The van der Waals surface area contributed by atoms with E-state index in [1.165, 1.54) is 45.5 Å². The number of benzene rings is 1. The highest BCUT2D eigenvalue weighted by Crippen LogP contribution is 2.51. The number of pyridine rings is 1. The predicted octanol–water partition coefficient (Wildman–Crippen LogP) is 4.68. The van der Waals surface area contributed by atoms with Crippen molar-refractivity contribution in [2.45, 2.75) is 12.7 Å². The molecule has 0 aliphatic carbocycles. The first-order chi connectivity index (χ1) is 12.3. The Morgan fingerprint density at radius 3 is 2.50 bits per heavy atom. The molecule has 140 valence electrons. The van der Waals surface area contributed by atoms with Crippen LogP contribution in [0.5, 0.6) is 11.6 Å².